The van der Waals surface area contributed by atoms with Gasteiger partial charge in [-0.1, -0.05) is 131 Å². The number of aryl methyl sites for hydroxylation is 1. The molecule has 4 aromatic carbocycles. The summed E-state index contributed by atoms with van der Waals surface area (Å²) in [7, 11) is 0. The molecule has 0 unspecified atom stereocenters. The molecule has 76 heavy (non-hydrogen) atoms. The molecule has 2 aliphatic rings. The van der Waals surface area contributed by atoms with Gasteiger partial charge in [-0.05, 0) is 128 Å². The second-order valence-corrected chi connectivity index (χ2v) is 20.3. The van der Waals surface area contributed by atoms with Gasteiger partial charge in [-0.2, -0.15) is 0 Å². The molecule has 384 valence electrons. The maximum Gasteiger partial charge on any atom is 3.00 e. The number of nitrogens with zero attached hydrogens (tertiary/aromatic N) is 6. The van der Waals surface area contributed by atoms with E-state index >= 15 is 0 Å². The van der Waals surface area contributed by atoms with E-state index in [4.69, 9.17) is 99.0 Å². The average molecular weight is 1170 g/mol. The fraction of sp³-hybridized carbons (Fsp3) is 0.186. The minimum atomic E-state index is -1.08. The SMILES string of the molecule is O=C([O-])CCCCCOc1cccc(OCCCCCCn2ccnc2)c1-c1c2nc(c(-c3c(Cl)cccc3Cl)c3ccc([n-]3)c(-c3c(Cl)cccc3Cl)c3nc(c(-c4c(Cl)cccc4Cl)c4ccc1[n-]4)C=C3)C=C2.[Mn+3]. The summed E-state index contributed by atoms with van der Waals surface area (Å²) in [5, 5.41) is 13.6. The fourth-order valence-corrected chi connectivity index (χ4v) is 11.2. The molecule has 0 spiro atoms. The monoisotopic (exact) mass is 1170 g/mol. The molecule has 10 nitrogen and oxygen atoms in total. The van der Waals surface area contributed by atoms with Gasteiger partial charge in [0, 0.05) is 77.3 Å². The molecule has 0 radical (unpaired) electrons. The Morgan fingerprint density at radius 3 is 1.22 bits per heavy atom. The van der Waals surface area contributed by atoms with E-state index in [0.717, 1.165) is 32.2 Å². The normalized spacial score (nSPS) is 11.8. The molecule has 17 heteroatoms. The van der Waals surface area contributed by atoms with Crippen LogP contribution in [0.15, 0.2) is 116 Å². The van der Waals surface area contributed by atoms with Crippen LogP contribution in [0.3, 0.4) is 0 Å². The summed E-state index contributed by atoms with van der Waals surface area (Å²) in [6, 6.07) is 29.3. The summed E-state index contributed by atoms with van der Waals surface area (Å²) in [5.41, 5.74) is 8.73. The van der Waals surface area contributed by atoms with Crippen molar-refractivity contribution in [1.82, 2.24) is 29.5 Å². The molecular formula is C59H45Cl6MnN6O4. The Bertz CT molecular complexity index is 3580. The zero-order valence-electron chi connectivity index (χ0n) is 40.5. The molecule has 10 rings (SSSR count). The molecule has 8 aromatic rings. The fourth-order valence-electron chi connectivity index (χ4n) is 9.40. The number of aliphatic carboxylic acids is 1. The number of rotatable bonds is 19. The van der Waals surface area contributed by atoms with Crippen molar-refractivity contribution >= 4 is 122 Å². The van der Waals surface area contributed by atoms with Crippen molar-refractivity contribution in [2.24, 2.45) is 0 Å². The van der Waals surface area contributed by atoms with Crippen LogP contribution in [0.5, 0.6) is 11.5 Å². The Hall–Kier alpha value is -5.98. The van der Waals surface area contributed by atoms with Crippen LogP contribution in [0.2, 0.25) is 30.1 Å². The van der Waals surface area contributed by atoms with Gasteiger partial charge in [0.05, 0.1) is 47.9 Å². The number of halogens is 6. The zero-order chi connectivity index (χ0) is 52.0. The van der Waals surface area contributed by atoms with Crippen LogP contribution < -0.4 is 24.5 Å². The molecule has 0 N–H and O–H groups in total. The van der Waals surface area contributed by atoms with Crippen LogP contribution in [-0.2, 0) is 28.4 Å². The molecule has 8 bridgehead atoms. The van der Waals surface area contributed by atoms with Gasteiger partial charge in [-0.25, -0.2) is 15.0 Å². The molecule has 0 saturated carbocycles. The molecule has 4 aromatic heterocycles. The Morgan fingerprint density at radius 1 is 0.474 bits per heavy atom. The summed E-state index contributed by atoms with van der Waals surface area (Å²) in [6.45, 7) is 1.62. The summed E-state index contributed by atoms with van der Waals surface area (Å²) in [5.74, 6) is 0.00231. The van der Waals surface area contributed by atoms with Crippen molar-refractivity contribution in [3.8, 4) is 56.0 Å². The molecule has 6 heterocycles. The van der Waals surface area contributed by atoms with Gasteiger partial charge < -0.3 is 33.9 Å². The second kappa shape index (κ2) is 25.0. The van der Waals surface area contributed by atoms with Gasteiger partial charge in [0.25, 0.3) is 0 Å². The maximum atomic E-state index is 11.2. The first kappa shape index (κ1) is 54.8. The number of imidazole rings is 1. The van der Waals surface area contributed by atoms with Crippen molar-refractivity contribution in [1.29, 1.82) is 0 Å². The first-order valence-electron chi connectivity index (χ1n) is 24.5. The predicted molar refractivity (Wildman–Crippen MR) is 304 cm³/mol. The minimum Gasteiger partial charge on any atom is -0.657 e. The standard InChI is InChI=1S/C59H47Cl6N6O4.Mn/c60-35-12-8-13-36(61)52(35)55-41-21-23-43(67-41)56(53-37(62)14-9-15-38(53)63)45-25-27-47(69-45)58(48-28-26-46(70-48)57(44-24-22-42(55)68-44)54-39(64)16-10-17-40(54)65)59-49(74-32-6-2-1-5-30-71-31-29-66-34-71)18-11-19-50(59)75-33-7-3-4-20-51(72)73;/h8-19,21-29,31,34H,1-7,20,30,32-33H2,(H2-,67,68,69,70,72,73);/q-1;+3/p-2. The minimum absolute atomic E-state index is 0. The van der Waals surface area contributed by atoms with E-state index in [2.05, 4.69) is 9.55 Å². The van der Waals surface area contributed by atoms with Gasteiger partial charge in [0.15, 0.2) is 0 Å². The molecule has 2 aliphatic heterocycles. The number of carboxylic acids is 1. The topological polar surface area (TPSA) is 130 Å². The van der Waals surface area contributed by atoms with Crippen LogP contribution in [0.25, 0.3) is 90.9 Å². The third kappa shape index (κ3) is 11.9. The molecule has 0 aliphatic carbocycles. The summed E-state index contributed by atoms with van der Waals surface area (Å²) < 4.78 is 15.5. The van der Waals surface area contributed by atoms with Crippen molar-refractivity contribution in [2.75, 3.05) is 13.2 Å². The number of hydrogen-bond acceptors (Lipinski definition) is 7. The van der Waals surface area contributed by atoms with Crippen molar-refractivity contribution < 1.29 is 36.4 Å². The Kier molecular flexibility index (Phi) is 18.0. The molecule has 0 fully saturated rings. The smallest absolute Gasteiger partial charge is 0.657 e. The first-order valence-corrected chi connectivity index (χ1v) is 26.7. The first-order chi connectivity index (χ1) is 36.5. The number of fused-ring (bicyclic) bond motifs is 8. The average Bonchev–Trinajstić information content (AvgIpc) is 4.31. The molecular weight excluding hydrogens is 1120 g/mol. The van der Waals surface area contributed by atoms with Crippen LogP contribution in [0.4, 0.5) is 0 Å². The van der Waals surface area contributed by atoms with Crippen LogP contribution in [0, 0.1) is 0 Å². The quantitative estimate of drug-likeness (QED) is 0.0574. The molecule has 0 atom stereocenters. The number of carboxylic acid groups (broad SMARTS) is 1. The van der Waals surface area contributed by atoms with Gasteiger partial charge >= 0.3 is 17.1 Å². The van der Waals surface area contributed by atoms with Crippen molar-refractivity contribution in [2.45, 2.75) is 57.9 Å². The van der Waals surface area contributed by atoms with E-state index in [1.54, 1.807) is 60.8 Å². The van der Waals surface area contributed by atoms with E-state index in [1.807, 2.05) is 79.3 Å². The number of carbonyl (C=O) groups excluding carboxylic acids is 1. The maximum absolute atomic E-state index is 11.2. The van der Waals surface area contributed by atoms with Crippen LogP contribution in [-0.4, -0.2) is 38.7 Å². The van der Waals surface area contributed by atoms with Crippen molar-refractivity contribution in [3.05, 3.63) is 169 Å². The summed E-state index contributed by atoms with van der Waals surface area (Å²) >= 11 is 42.5. The van der Waals surface area contributed by atoms with E-state index < -0.39 is 5.97 Å². The Labute approximate surface area is 480 Å². The zero-order valence-corrected chi connectivity index (χ0v) is 46.2. The van der Waals surface area contributed by atoms with E-state index in [-0.39, 0.29) is 23.5 Å². The Morgan fingerprint density at radius 2 is 0.842 bits per heavy atom. The number of unbranched alkanes of at least 4 members (excludes halogenated alkanes) is 5. The van der Waals surface area contributed by atoms with Gasteiger partial charge in [-0.15, -0.1) is 22.1 Å². The van der Waals surface area contributed by atoms with E-state index in [0.29, 0.717) is 163 Å². The van der Waals surface area contributed by atoms with E-state index in [9.17, 15) is 9.90 Å². The van der Waals surface area contributed by atoms with Gasteiger partial charge in [0.1, 0.15) is 11.5 Å². The predicted octanol–water partition coefficient (Wildman–Crippen LogP) is 16.0. The third-order valence-electron chi connectivity index (χ3n) is 12.9. The third-order valence-corrected chi connectivity index (χ3v) is 14.8. The molecule has 0 saturated heterocycles. The van der Waals surface area contributed by atoms with Gasteiger partial charge in [0.2, 0.25) is 0 Å². The second-order valence-electron chi connectivity index (χ2n) is 17.9. The largest absolute Gasteiger partial charge is 3.00 e. The number of aromatic nitrogens is 6. The van der Waals surface area contributed by atoms with Gasteiger partial charge in [-0.3, -0.25) is 0 Å². The van der Waals surface area contributed by atoms with Crippen LogP contribution in [0.1, 0.15) is 74.1 Å². The summed E-state index contributed by atoms with van der Waals surface area (Å²) in [6.07, 6.45) is 18.7. The number of benzene rings is 4. The van der Waals surface area contributed by atoms with E-state index in [1.165, 1.54) is 0 Å². The molecule has 0 amide bonds. The Balaban J connectivity index is 0.00000706. The number of ether oxygens (including phenoxy) is 2. The van der Waals surface area contributed by atoms with Crippen LogP contribution >= 0.6 is 69.6 Å². The number of carbonyl (C=O) groups is 1. The number of hydrogen-bond donors (Lipinski definition) is 0. The summed E-state index contributed by atoms with van der Waals surface area (Å²) in [4.78, 5) is 36.9. The van der Waals surface area contributed by atoms with Crippen molar-refractivity contribution in [3.63, 3.8) is 0 Å².